The van der Waals surface area contributed by atoms with Crippen LogP contribution in [0.15, 0.2) is 23.1 Å². The quantitative estimate of drug-likeness (QED) is 0.848. The summed E-state index contributed by atoms with van der Waals surface area (Å²) in [6, 6.07) is 5.01. The number of anilines is 1. The molecule has 19 heavy (non-hydrogen) atoms. The van der Waals surface area contributed by atoms with Crippen molar-refractivity contribution in [3.63, 3.8) is 0 Å². The molecule has 6 heteroatoms. The van der Waals surface area contributed by atoms with Gasteiger partial charge in [-0.2, -0.15) is 4.31 Å². The summed E-state index contributed by atoms with van der Waals surface area (Å²) < 4.78 is 26.4. The van der Waals surface area contributed by atoms with Crippen molar-refractivity contribution in [1.82, 2.24) is 4.31 Å². The van der Waals surface area contributed by atoms with Crippen LogP contribution < -0.4 is 5.32 Å². The normalized spacial score (nSPS) is 14.8. The highest BCUT2D eigenvalue weighted by Crippen LogP contribution is 2.27. The molecule has 1 aliphatic heterocycles. The van der Waals surface area contributed by atoms with Crippen molar-refractivity contribution in [3.8, 4) is 0 Å². The molecule has 0 bridgehead atoms. The summed E-state index contributed by atoms with van der Waals surface area (Å²) in [5.41, 5.74) is 2.05. The maximum Gasteiger partial charge on any atom is 0.243 e. The third kappa shape index (κ3) is 2.75. The van der Waals surface area contributed by atoms with Crippen molar-refractivity contribution in [2.75, 3.05) is 25.0 Å². The van der Waals surface area contributed by atoms with E-state index in [0.717, 1.165) is 24.2 Å². The minimum atomic E-state index is -3.55. The minimum Gasteiger partial charge on any atom is -0.395 e. The summed E-state index contributed by atoms with van der Waals surface area (Å²) in [5, 5.41) is 12.2. The van der Waals surface area contributed by atoms with Gasteiger partial charge in [0, 0.05) is 24.8 Å². The first-order valence-corrected chi connectivity index (χ1v) is 7.90. The molecule has 0 amide bonds. The van der Waals surface area contributed by atoms with Crippen molar-refractivity contribution in [1.29, 1.82) is 0 Å². The number of nitrogens with zero attached hydrogens (tertiary/aromatic N) is 1. The topological polar surface area (TPSA) is 69.6 Å². The first-order chi connectivity index (χ1) is 8.96. The van der Waals surface area contributed by atoms with Crippen LogP contribution in [0.25, 0.3) is 0 Å². The summed E-state index contributed by atoms with van der Waals surface area (Å²) in [6.07, 6.45) is 0.931. The van der Waals surface area contributed by atoms with Crippen LogP contribution >= 0.6 is 0 Å². The van der Waals surface area contributed by atoms with Gasteiger partial charge in [-0.1, -0.05) is 6.07 Å². The standard InChI is InChI=1S/C13H20N2O3S/c1-10(2)15(7-8-16)19(17,18)12-4-3-11-5-6-14-13(11)9-12/h3-4,9-10,14,16H,5-8H2,1-2H3. The Labute approximate surface area is 114 Å². The largest absolute Gasteiger partial charge is 0.395 e. The molecular weight excluding hydrogens is 264 g/mol. The van der Waals surface area contributed by atoms with Gasteiger partial charge >= 0.3 is 0 Å². The molecule has 1 aromatic rings. The third-order valence-corrected chi connectivity index (χ3v) is 5.37. The lowest BCUT2D eigenvalue weighted by Crippen LogP contribution is -2.38. The summed E-state index contributed by atoms with van der Waals surface area (Å²) in [6.45, 7) is 4.39. The van der Waals surface area contributed by atoms with Gasteiger partial charge in [-0.15, -0.1) is 0 Å². The molecule has 0 aromatic heterocycles. The van der Waals surface area contributed by atoms with E-state index in [9.17, 15) is 8.42 Å². The SMILES string of the molecule is CC(C)N(CCO)S(=O)(=O)c1ccc2c(c1)NCC2. The fourth-order valence-electron chi connectivity index (χ4n) is 2.32. The Morgan fingerprint density at radius 2 is 2.16 bits per heavy atom. The van der Waals surface area contributed by atoms with Crippen LogP contribution in [0.1, 0.15) is 19.4 Å². The van der Waals surface area contributed by atoms with E-state index in [1.807, 2.05) is 6.07 Å². The van der Waals surface area contributed by atoms with Gasteiger partial charge in [0.25, 0.3) is 0 Å². The number of benzene rings is 1. The van der Waals surface area contributed by atoms with Crippen LogP contribution in [0.4, 0.5) is 5.69 Å². The Kier molecular flexibility index (Phi) is 4.13. The zero-order chi connectivity index (χ0) is 14.0. The van der Waals surface area contributed by atoms with E-state index in [1.54, 1.807) is 26.0 Å². The number of aliphatic hydroxyl groups is 1. The molecular formula is C13H20N2O3S. The predicted molar refractivity (Wildman–Crippen MR) is 74.7 cm³/mol. The highest BCUT2D eigenvalue weighted by molar-refractivity contribution is 7.89. The average molecular weight is 284 g/mol. The molecule has 0 aliphatic carbocycles. The van der Waals surface area contributed by atoms with Gasteiger partial charge in [0.1, 0.15) is 0 Å². The first kappa shape index (κ1) is 14.3. The van der Waals surface area contributed by atoms with E-state index < -0.39 is 10.0 Å². The maximum atomic E-state index is 12.6. The molecule has 106 valence electrons. The van der Waals surface area contributed by atoms with Gasteiger partial charge in [0.2, 0.25) is 10.0 Å². The lowest BCUT2D eigenvalue weighted by Gasteiger charge is -2.25. The van der Waals surface area contributed by atoms with Crippen LogP contribution in [0.2, 0.25) is 0 Å². The maximum absolute atomic E-state index is 12.6. The average Bonchev–Trinajstić information content (AvgIpc) is 2.82. The van der Waals surface area contributed by atoms with Crippen LogP contribution in [-0.2, 0) is 16.4 Å². The third-order valence-electron chi connectivity index (χ3n) is 3.29. The summed E-state index contributed by atoms with van der Waals surface area (Å²) in [5.74, 6) is 0. The summed E-state index contributed by atoms with van der Waals surface area (Å²) in [4.78, 5) is 0.280. The Hall–Kier alpha value is -1.11. The molecule has 2 N–H and O–H groups in total. The van der Waals surface area contributed by atoms with Crippen LogP contribution in [0.5, 0.6) is 0 Å². The number of aliphatic hydroxyl groups excluding tert-OH is 1. The molecule has 0 unspecified atom stereocenters. The molecule has 5 nitrogen and oxygen atoms in total. The molecule has 0 radical (unpaired) electrons. The number of rotatable bonds is 5. The fourth-order valence-corrected chi connectivity index (χ4v) is 3.97. The molecule has 0 spiro atoms. The highest BCUT2D eigenvalue weighted by Gasteiger charge is 2.27. The van der Waals surface area contributed by atoms with Crippen LogP contribution in [0.3, 0.4) is 0 Å². The lowest BCUT2D eigenvalue weighted by molar-refractivity contribution is 0.236. The zero-order valence-electron chi connectivity index (χ0n) is 11.3. The van der Waals surface area contributed by atoms with Gasteiger partial charge in [0.05, 0.1) is 11.5 Å². The van der Waals surface area contributed by atoms with E-state index >= 15 is 0 Å². The predicted octanol–water partition coefficient (Wildman–Crippen LogP) is 1.05. The van der Waals surface area contributed by atoms with E-state index in [2.05, 4.69) is 5.32 Å². The van der Waals surface area contributed by atoms with Crippen molar-refractivity contribution in [3.05, 3.63) is 23.8 Å². The highest BCUT2D eigenvalue weighted by atomic mass is 32.2. The van der Waals surface area contributed by atoms with Gasteiger partial charge in [-0.05, 0) is 38.0 Å². The first-order valence-electron chi connectivity index (χ1n) is 6.46. The monoisotopic (exact) mass is 284 g/mol. The van der Waals surface area contributed by atoms with E-state index in [0.29, 0.717) is 0 Å². The number of sulfonamides is 1. The van der Waals surface area contributed by atoms with Crippen molar-refractivity contribution in [2.45, 2.75) is 31.2 Å². The molecule has 0 saturated carbocycles. The second kappa shape index (κ2) is 5.48. The van der Waals surface area contributed by atoms with Gasteiger partial charge < -0.3 is 10.4 Å². The zero-order valence-corrected chi connectivity index (χ0v) is 12.1. The Morgan fingerprint density at radius 1 is 1.42 bits per heavy atom. The van der Waals surface area contributed by atoms with Crippen molar-refractivity contribution in [2.24, 2.45) is 0 Å². The van der Waals surface area contributed by atoms with Crippen molar-refractivity contribution < 1.29 is 13.5 Å². The van der Waals surface area contributed by atoms with E-state index in [1.165, 1.54) is 4.31 Å². The minimum absolute atomic E-state index is 0.116. The van der Waals surface area contributed by atoms with E-state index in [-0.39, 0.29) is 24.1 Å². The molecule has 0 atom stereocenters. The smallest absolute Gasteiger partial charge is 0.243 e. The molecule has 1 heterocycles. The number of fused-ring (bicyclic) bond motifs is 1. The second-order valence-corrected chi connectivity index (χ2v) is 6.82. The fraction of sp³-hybridized carbons (Fsp3) is 0.538. The second-order valence-electron chi connectivity index (χ2n) is 4.93. The van der Waals surface area contributed by atoms with Crippen molar-refractivity contribution >= 4 is 15.7 Å². The molecule has 1 aliphatic rings. The van der Waals surface area contributed by atoms with Gasteiger partial charge in [-0.25, -0.2) is 8.42 Å². The summed E-state index contributed by atoms with van der Waals surface area (Å²) in [7, 11) is -3.55. The lowest BCUT2D eigenvalue weighted by atomic mass is 10.2. The molecule has 0 saturated heterocycles. The van der Waals surface area contributed by atoms with Gasteiger partial charge in [-0.3, -0.25) is 0 Å². The number of hydrogen-bond donors (Lipinski definition) is 2. The number of hydrogen-bond acceptors (Lipinski definition) is 4. The van der Waals surface area contributed by atoms with Crippen LogP contribution in [0, 0.1) is 0 Å². The van der Waals surface area contributed by atoms with Gasteiger partial charge in [0.15, 0.2) is 0 Å². The molecule has 0 fully saturated rings. The molecule has 1 aromatic carbocycles. The molecule has 2 rings (SSSR count). The van der Waals surface area contributed by atoms with Crippen LogP contribution in [-0.4, -0.2) is 43.6 Å². The number of nitrogens with one attached hydrogen (secondary N) is 1. The summed E-state index contributed by atoms with van der Waals surface area (Å²) >= 11 is 0. The Bertz CT molecular complexity index is 555. The Balaban J connectivity index is 2.38. The Morgan fingerprint density at radius 3 is 2.79 bits per heavy atom. The van der Waals surface area contributed by atoms with E-state index in [4.69, 9.17) is 5.11 Å².